The third kappa shape index (κ3) is 3.41. The SMILES string of the molecule is CCn1ncc(Br)c1C(=O)Nc1ccn(Cc2ccccc2C)n1. The summed E-state index contributed by atoms with van der Waals surface area (Å²) in [5.41, 5.74) is 2.91. The molecule has 0 radical (unpaired) electrons. The van der Waals surface area contributed by atoms with Crippen LogP contribution in [0.1, 0.15) is 28.5 Å². The van der Waals surface area contributed by atoms with Crippen molar-refractivity contribution in [1.82, 2.24) is 19.6 Å². The van der Waals surface area contributed by atoms with Crippen LogP contribution in [-0.2, 0) is 13.1 Å². The van der Waals surface area contributed by atoms with Crippen LogP contribution in [0, 0.1) is 6.92 Å². The average molecular weight is 388 g/mol. The van der Waals surface area contributed by atoms with Crippen molar-refractivity contribution < 1.29 is 4.79 Å². The lowest BCUT2D eigenvalue weighted by molar-refractivity contribution is 0.101. The lowest BCUT2D eigenvalue weighted by Gasteiger charge is -2.06. The second kappa shape index (κ2) is 7.00. The summed E-state index contributed by atoms with van der Waals surface area (Å²) in [5, 5.41) is 11.4. The largest absolute Gasteiger partial charge is 0.304 e. The van der Waals surface area contributed by atoms with E-state index in [1.807, 2.05) is 29.9 Å². The van der Waals surface area contributed by atoms with Crippen molar-refractivity contribution in [3.05, 3.63) is 64.0 Å². The van der Waals surface area contributed by atoms with Crippen LogP contribution in [0.4, 0.5) is 5.82 Å². The second-order valence-corrected chi connectivity index (χ2v) is 6.29. The molecule has 0 saturated heterocycles. The van der Waals surface area contributed by atoms with Gasteiger partial charge in [-0.15, -0.1) is 0 Å². The Labute approximate surface area is 148 Å². The first-order valence-corrected chi connectivity index (χ1v) is 8.48. The zero-order valence-electron chi connectivity index (χ0n) is 13.5. The van der Waals surface area contributed by atoms with Gasteiger partial charge in [0.15, 0.2) is 5.82 Å². The number of carbonyl (C=O) groups is 1. The van der Waals surface area contributed by atoms with Crippen LogP contribution in [0.5, 0.6) is 0 Å². The summed E-state index contributed by atoms with van der Waals surface area (Å²) < 4.78 is 4.12. The Morgan fingerprint density at radius 1 is 1.29 bits per heavy atom. The van der Waals surface area contributed by atoms with E-state index in [0.29, 0.717) is 29.1 Å². The van der Waals surface area contributed by atoms with Gasteiger partial charge in [-0.25, -0.2) is 0 Å². The summed E-state index contributed by atoms with van der Waals surface area (Å²) in [4.78, 5) is 12.4. The average Bonchev–Trinajstić information content (AvgIpc) is 3.15. The number of anilines is 1. The molecule has 0 aliphatic carbocycles. The van der Waals surface area contributed by atoms with Crippen LogP contribution < -0.4 is 5.32 Å². The van der Waals surface area contributed by atoms with Crippen LogP contribution >= 0.6 is 15.9 Å². The summed E-state index contributed by atoms with van der Waals surface area (Å²) >= 11 is 3.36. The monoisotopic (exact) mass is 387 g/mol. The molecule has 2 aromatic heterocycles. The third-order valence-electron chi connectivity index (χ3n) is 3.79. The highest BCUT2D eigenvalue weighted by Crippen LogP contribution is 2.18. The summed E-state index contributed by atoms with van der Waals surface area (Å²) in [6.45, 7) is 5.30. The maximum atomic E-state index is 12.4. The number of halogens is 1. The Morgan fingerprint density at radius 3 is 2.83 bits per heavy atom. The molecule has 7 heteroatoms. The standard InChI is InChI=1S/C17H18BrN5O/c1-3-23-16(14(18)10-19-23)17(24)20-15-8-9-22(21-15)11-13-7-5-4-6-12(13)2/h4-10H,3,11H2,1-2H3,(H,20,21,24). The number of hydrogen-bond acceptors (Lipinski definition) is 3. The van der Waals surface area contributed by atoms with Gasteiger partial charge in [-0.3, -0.25) is 14.2 Å². The lowest BCUT2D eigenvalue weighted by Crippen LogP contribution is -2.18. The number of aryl methyl sites for hydroxylation is 2. The van der Waals surface area contributed by atoms with E-state index in [1.165, 1.54) is 11.1 Å². The molecular formula is C17H18BrN5O. The highest BCUT2D eigenvalue weighted by atomic mass is 79.9. The van der Waals surface area contributed by atoms with Gasteiger partial charge in [0.25, 0.3) is 5.91 Å². The third-order valence-corrected chi connectivity index (χ3v) is 4.37. The number of benzene rings is 1. The number of hydrogen-bond donors (Lipinski definition) is 1. The van der Waals surface area contributed by atoms with E-state index in [1.54, 1.807) is 16.9 Å². The molecule has 6 nitrogen and oxygen atoms in total. The first-order valence-electron chi connectivity index (χ1n) is 7.69. The minimum atomic E-state index is -0.234. The van der Waals surface area contributed by atoms with Gasteiger partial charge in [0, 0.05) is 18.8 Å². The lowest BCUT2D eigenvalue weighted by atomic mass is 10.1. The molecule has 3 aromatic rings. The number of nitrogens with zero attached hydrogens (tertiary/aromatic N) is 4. The van der Waals surface area contributed by atoms with Crippen molar-refractivity contribution >= 4 is 27.7 Å². The Hall–Kier alpha value is -2.41. The van der Waals surface area contributed by atoms with E-state index < -0.39 is 0 Å². The number of rotatable bonds is 5. The van der Waals surface area contributed by atoms with Gasteiger partial charge in [0.05, 0.1) is 17.2 Å². The quantitative estimate of drug-likeness (QED) is 0.728. The summed E-state index contributed by atoms with van der Waals surface area (Å²) in [7, 11) is 0. The van der Waals surface area contributed by atoms with Gasteiger partial charge in [0.2, 0.25) is 0 Å². The van der Waals surface area contributed by atoms with Crippen LogP contribution in [-0.4, -0.2) is 25.5 Å². The number of aromatic nitrogens is 4. The van der Waals surface area contributed by atoms with Crippen molar-refractivity contribution in [3.63, 3.8) is 0 Å². The highest BCUT2D eigenvalue weighted by molar-refractivity contribution is 9.10. The number of carbonyl (C=O) groups excluding carboxylic acids is 1. The van der Waals surface area contributed by atoms with E-state index in [-0.39, 0.29) is 5.91 Å². The molecule has 24 heavy (non-hydrogen) atoms. The zero-order chi connectivity index (χ0) is 17.1. The Bertz CT molecular complexity index is 868. The van der Waals surface area contributed by atoms with Crippen molar-refractivity contribution in [1.29, 1.82) is 0 Å². The summed E-state index contributed by atoms with van der Waals surface area (Å²) in [6, 6.07) is 9.97. The van der Waals surface area contributed by atoms with Crippen LogP contribution in [0.2, 0.25) is 0 Å². The van der Waals surface area contributed by atoms with Crippen LogP contribution in [0.25, 0.3) is 0 Å². The van der Waals surface area contributed by atoms with Crippen molar-refractivity contribution in [2.45, 2.75) is 26.9 Å². The predicted molar refractivity (Wildman–Crippen MR) is 96.1 cm³/mol. The normalized spacial score (nSPS) is 10.8. The van der Waals surface area contributed by atoms with E-state index in [0.717, 1.165) is 0 Å². The van der Waals surface area contributed by atoms with Gasteiger partial charge >= 0.3 is 0 Å². The fourth-order valence-corrected chi connectivity index (χ4v) is 2.96. The minimum Gasteiger partial charge on any atom is -0.304 e. The molecule has 0 aliphatic heterocycles. The molecule has 1 aromatic carbocycles. The maximum Gasteiger partial charge on any atom is 0.276 e. The van der Waals surface area contributed by atoms with Crippen molar-refractivity contribution in [3.8, 4) is 0 Å². The second-order valence-electron chi connectivity index (χ2n) is 5.44. The van der Waals surface area contributed by atoms with Gasteiger partial charge in [-0.05, 0) is 40.9 Å². The van der Waals surface area contributed by atoms with Gasteiger partial charge in [-0.2, -0.15) is 10.2 Å². The minimum absolute atomic E-state index is 0.234. The molecule has 0 atom stereocenters. The summed E-state index contributed by atoms with van der Waals surface area (Å²) in [5.74, 6) is 0.284. The maximum absolute atomic E-state index is 12.4. The predicted octanol–water partition coefficient (Wildman–Crippen LogP) is 3.47. The highest BCUT2D eigenvalue weighted by Gasteiger charge is 2.17. The van der Waals surface area contributed by atoms with Crippen LogP contribution in [0.3, 0.4) is 0 Å². The molecule has 1 N–H and O–H groups in total. The molecule has 124 valence electrons. The van der Waals surface area contributed by atoms with Gasteiger partial charge in [0.1, 0.15) is 5.69 Å². The zero-order valence-corrected chi connectivity index (χ0v) is 15.1. The molecule has 0 saturated carbocycles. The fourth-order valence-electron chi connectivity index (χ4n) is 2.48. The molecule has 0 spiro atoms. The topological polar surface area (TPSA) is 64.7 Å². The Kier molecular flexibility index (Phi) is 4.80. The molecule has 0 aliphatic rings. The Balaban J connectivity index is 1.73. The first kappa shape index (κ1) is 16.4. The van der Waals surface area contributed by atoms with E-state index in [9.17, 15) is 4.79 Å². The smallest absolute Gasteiger partial charge is 0.276 e. The fraction of sp³-hybridized carbons (Fsp3) is 0.235. The summed E-state index contributed by atoms with van der Waals surface area (Å²) in [6.07, 6.45) is 3.48. The van der Waals surface area contributed by atoms with Crippen molar-refractivity contribution in [2.24, 2.45) is 0 Å². The molecule has 2 heterocycles. The van der Waals surface area contributed by atoms with Gasteiger partial charge < -0.3 is 5.32 Å². The van der Waals surface area contributed by atoms with Crippen LogP contribution in [0.15, 0.2) is 47.2 Å². The molecule has 0 bridgehead atoms. The van der Waals surface area contributed by atoms with E-state index in [4.69, 9.17) is 0 Å². The molecule has 0 unspecified atom stereocenters. The number of amides is 1. The molecule has 0 fully saturated rings. The van der Waals surface area contributed by atoms with E-state index >= 15 is 0 Å². The van der Waals surface area contributed by atoms with E-state index in [2.05, 4.69) is 50.5 Å². The van der Waals surface area contributed by atoms with Gasteiger partial charge in [-0.1, -0.05) is 24.3 Å². The first-order chi connectivity index (χ1) is 11.6. The molecular weight excluding hydrogens is 370 g/mol. The molecule has 1 amide bonds. The Morgan fingerprint density at radius 2 is 2.08 bits per heavy atom. The number of nitrogens with one attached hydrogen (secondary N) is 1. The molecule has 3 rings (SSSR count). The van der Waals surface area contributed by atoms with Crippen molar-refractivity contribution in [2.75, 3.05) is 5.32 Å².